The number of benzene rings is 2. The fraction of sp³-hybridized carbons (Fsp3) is 0.161. The predicted octanol–water partition coefficient (Wildman–Crippen LogP) is 4.85. The second-order valence-electron chi connectivity index (χ2n) is 9.83. The minimum atomic E-state index is -0.506. The Morgan fingerprint density at radius 1 is 1.00 bits per heavy atom. The van der Waals surface area contributed by atoms with Gasteiger partial charge in [0.1, 0.15) is 11.8 Å². The van der Waals surface area contributed by atoms with Gasteiger partial charge in [-0.05, 0) is 48.6 Å². The summed E-state index contributed by atoms with van der Waals surface area (Å²) >= 11 is 0. The van der Waals surface area contributed by atoms with Crippen LogP contribution in [0.3, 0.4) is 0 Å². The molecule has 0 fully saturated rings. The van der Waals surface area contributed by atoms with Crippen LogP contribution >= 0.6 is 0 Å². The molecule has 38 heavy (non-hydrogen) atoms. The van der Waals surface area contributed by atoms with E-state index in [0.29, 0.717) is 0 Å². The molecule has 2 aromatic heterocycles. The number of dihydropyridines is 1. The van der Waals surface area contributed by atoms with Crippen LogP contribution in [0.1, 0.15) is 39.9 Å². The first-order valence-corrected chi connectivity index (χ1v) is 12.9. The summed E-state index contributed by atoms with van der Waals surface area (Å²) in [6.07, 6.45) is 8.37. The minimum Gasteiger partial charge on any atom is -0.447 e. The monoisotopic (exact) mass is 500 g/mol. The zero-order valence-electron chi connectivity index (χ0n) is 21.7. The van der Waals surface area contributed by atoms with E-state index in [-0.39, 0.29) is 12.1 Å². The topological polar surface area (TPSA) is 74.4 Å². The highest BCUT2D eigenvalue weighted by molar-refractivity contribution is 6.64. The molecule has 0 aliphatic carbocycles. The number of allylic oxidation sites excluding steroid dienone is 2. The van der Waals surface area contributed by atoms with Gasteiger partial charge in [-0.1, -0.05) is 72.6 Å². The molecule has 2 aromatic carbocycles. The molecule has 2 unspecified atom stereocenters. The number of nitrogens with one attached hydrogen (secondary N) is 1. The Balaban J connectivity index is 1.51. The Kier molecular flexibility index (Phi) is 6.22. The van der Waals surface area contributed by atoms with Gasteiger partial charge in [-0.3, -0.25) is 4.98 Å². The van der Waals surface area contributed by atoms with E-state index < -0.39 is 6.92 Å². The van der Waals surface area contributed by atoms with Crippen LogP contribution in [0.2, 0.25) is 6.82 Å². The molecular weight excluding hydrogens is 471 g/mol. The van der Waals surface area contributed by atoms with Crippen LogP contribution in [0.4, 0.5) is 0 Å². The van der Waals surface area contributed by atoms with Gasteiger partial charge in [-0.2, -0.15) is 0 Å². The van der Waals surface area contributed by atoms with E-state index in [9.17, 15) is 5.02 Å². The maximum atomic E-state index is 10.0. The second-order valence-corrected chi connectivity index (χ2v) is 9.83. The van der Waals surface area contributed by atoms with Gasteiger partial charge < -0.3 is 19.8 Å². The van der Waals surface area contributed by atoms with E-state index in [2.05, 4.69) is 76.3 Å². The minimum absolute atomic E-state index is 0.0495. The fourth-order valence-electron chi connectivity index (χ4n) is 5.42. The van der Waals surface area contributed by atoms with Crippen LogP contribution in [-0.2, 0) is 0 Å². The van der Waals surface area contributed by atoms with Crippen LogP contribution in [0, 0.1) is 13.8 Å². The summed E-state index contributed by atoms with van der Waals surface area (Å²) in [4.78, 5) is 7.11. The Morgan fingerprint density at radius 2 is 1.76 bits per heavy atom. The molecule has 7 heteroatoms. The molecule has 0 saturated heterocycles. The molecule has 0 bridgehead atoms. The average Bonchev–Trinajstić information content (AvgIpc) is 3.49. The lowest BCUT2D eigenvalue weighted by Gasteiger charge is -2.33. The van der Waals surface area contributed by atoms with Crippen molar-refractivity contribution in [3.05, 3.63) is 137 Å². The van der Waals surface area contributed by atoms with E-state index >= 15 is 0 Å². The molecule has 6 nitrogen and oxygen atoms in total. The van der Waals surface area contributed by atoms with Crippen molar-refractivity contribution in [3.8, 4) is 0 Å². The predicted molar refractivity (Wildman–Crippen MR) is 151 cm³/mol. The lowest BCUT2D eigenvalue weighted by atomic mass is 9.64. The maximum absolute atomic E-state index is 10.0. The number of fused-ring (bicyclic) bond motifs is 1. The molecule has 2 N–H and O–H groups in total. The van der Waals surface area contributed by atoms with Gasteiger partial charge in [0.05, 0.1) is 17.4 Å². The second kappa shape index (κ2) is 9.84. The number of aryl methyl sites for hydroxylation is 2. The SMILES string of the molecule is CB(O)c1ccc(C2=CN(C(c3ccccc3)c3ccccn3)C3=CC(c4c(C)noc4C)=CNC23)cc1. The average molecular weight is 500 g/mol. The number of nitrogens with zero attached hydrogens (tertiary/aromatic N) is 3. The van der Waals surface area contributed by atoms with Crippen molar-refractivity contribution in [3.63, 3.8) is 0 Å². The van der Waals surface area contributed by atoms with E-state index in [1.165, 1.54) is 0 Å². The van der Waals surface area contributed by atoms with Crippen LogP contribution in [0.25, 0.3) is 11.1 Å². The molecule has 6 rings (SSSR count). The first kappa shape index (κ1) is 24.0. The summed E-state index contributed by atoms with van der Waals surface area (Å²) in [5.41, 5.74) is 9.29. The number of pyridine rings is 1. The van der Waals surface area contributed by atoms with Crippen LogP contribution in [0.5, 0.6) is 0 Å². The van der Waals surface area contributed by atoms with Crippen LogP contribution < -0.4 is 10.8 Å². The summed E-state index contributed by atoms with van der Waals surface area (Å²) in [7, 11) is 0. The summed E-state index contributed by atoms with van der Waals surface area (Å²) in [6, 6.07) is 24.5. The molecule has 2 aliphatic heterocycles. The molecule has 188 valence electrons. The summed E-state index contributed by atoms with van der Waals surface area (Å²) in [5, 5.41) is 17.9. The van der Waals surface area contributed by atoms with Crippen molar-refractivity contribution in [2.75, 3.05) is 0 Å². The van der Waals surface area contributed by atoms with Crippen molar-refractivity contribution in [1.82, 2.24) is 20.4 Å². The van der Waals surface area contributed by atoms with Crippen molar-refractivity contribution in [1.29, 1.82) is 0 Å². The fourth-order valence-corrected chi connectivity index (χ4v) is 5.42. The van der Waals surface area contributed by atoms with E-state index in [4.69, 9.17) is 9.51 Å². The number of hydrogen-bond acceptors (Lipinski definition) is 6. The highest BCUT2D eigenvalue weighted by Gasteiger charge is 2.38. The van der Waals surface area contributed by atoms with Gasteiger partial charge >= 0.3 is 6.92 Å². The van der Waals surface area contributed by atoms with Crippen molar-refractivity contribution in [2.45, 2.75) is 32.8 Å². The molecule has 4 heterocycles. The smallest absolute Gasteiger partial charge is 0.320 e. The first-order chi connectivity index (χ1) is 18.5. The Morgan fingerprint density at radius 3 is 2.42 bits per heavy atom. The van der Waals surface area contributed by atoms with Gasteiger partial charge in [-0.25, -0.2) is 0 Å². The summed E-state index contributed by atoms with van der Waals surface area (Å²) < 4.78 is 5.49. The zero-order valence-corrected chi connectivity index (χ0v) is 21.7. The summed E-state index contributed by atoms with van der Waals surface area (Å²) in [6.45, 7) is 5.19. The van der Waals surface area contributed by atoms with Gasteiger partial charge in [0.15, 0.2) is 0 Å². The normalized spacial score (nSPS) is 17.2. The molecule has 2 aliphatic rings. The third-order valence-electron chi connectivity index (χ3n) is 7.30. The maximum Gasteiger partial charge on any atom is 0.320 e. The van der Waals surface area contributed by atoms with Crippen molar-refractivity contribution < 1.29 is 9.55 Å². The van der Waals surface area contributed by atoms with E-state index in [1.54, 1.807) is 6.82 Å². The number of rotatable bonds is 6. The lowest BCUT2D eigenvalue weighted by molar-refractivity contribution is 0.384. The van der Waals surface area contributed by atoms with Gasteiger partial charge in [-0.15, -0.1) is 0 Å². The van der Waals surface area contributed by atoms with Crippen LogP contribution in [-0.4, -0.2) is 33.0 Å². The van der Waals surface area contributed by atoms with Gasteiger partial charge in [0, 0.05) is 41.0 Å². The van der Waals surface area contributed by atoms with E-state index in [1.807, 2.05) is 50.4 Å². The van der Waals surface area contributed by atoms with Gasteiger partial charge in [0.25, 0.3) is 0 Å². The molecule has 0 saturated carbocycles. The van der Waals surface area contributed by atoms with Gasteiger partial charge in [0.2, 0.25) is 0 Å². The Hall–Kier alpha value is -4.36. The molecule has 0 amide bonds. The molecular formula is C31H29BN4O2. The van der Waals surface area contributed by atoms with E-state index in [0.717, 1.165) is 56.1 Å². The highest BCUT2D eigenvalue weighted by atomic mass is 16.5. The molecule has 0 spiro atoms. The van der Waals surface area contributed by atoms with Crippen molar-refractivity contribution in [2.24, 2.45) is 0 Å². The highest BCUT2D eigenvalue weighted by Crippen LogP contribution is 2.43. The third-order valence-corrected chi connectivity index (χ3v) is 7.30. The van der Waals surface area contributed by atoms with Crippen LogP contribution in [0.15, 0.2) is 108 Å². The Labute approximate surface area is 223 Å². The molecule has 0 radical (unpaired) electrons. The summed E-state index contributed by atoms with van der Waals surface area (Å²) in [5.74, 6) is 0.793. The number of aromatic nitrogens is 2. The number of hydrogen-bond donors (Lipinski definition) is 2. The zero-order chi connectivity index (χ0) is 26.2. The standard InChI is InChI=1S/C31H29BN4O2/c1-20-29(21(2)38-35-20)24-17-28-30(34-18-24)26(22-12-14-25(15-13-22)32(3)37)19-36(28)31(23-9-5-4-6-10-23)27-11-7-8-16-33-27/h4-19,30-31,34,37H,1-3H3. The Bertz CT molecular complexity index is 1480. The molecule has 4 aromatic rings. The third kappa shape index (κ3) is 4.25. The molecule has 2 atom stereocenters. The first-order valence-electron chi connectivity index (χ1n) is 12.9. The lowest BCUT2D eigenvalue weighted by Crippen LogP contribution is -2.34. The quantitative estimate of drug-likeness (QED) is 0.369. The van der Waals surface area contributed by atoms with Crippen molar-refractivity contribution >= 4 is 23.5 Å². The largest absolute Gasteiger partial charge is 0.447 e.